The van der Waals surface area contributed by atoms with Crippen LogP contribution in [0.5, 0.6) is 0 Å². The molecule has 0 bridgehead atoms. The Balaban J connectivity index is 3.96. The van der Waals surface area contributed by atoms with E-state index in [0.717, 1.165) is 32.1 Å². The summed E-state index contributed by atoms with van der Waals surface area (Å²) in [5.74, 6) is 0. The van der Waals surface area contributed by atoms with E-state index < -0.39 is 15.4 Å². The zero-order chi connectivity index (χ0) is 14.0. The van der Waals surface area contributed by atoms with Crippen LogP contribution < -0.4 is 0 Å². The van der Waals surface area contributed by atoms with Gasteiger partial charge in [-0.2, -0.15) is 8.42 Å². The van der Waals surface area contributed by atoms with Crippen molar-refractivity contribution in [2.24, 2.45) is 0 Å². The maximum Gasteiger partial charge on any atom is 0.267 e. The molecular formula is C13H28O4S. The van der Waals surface area contributed by atoms with Crippen LogP contribution in [-0.2, 0) is 10.1 Å². The molecule has 2 atom stereocenters. The fraction of sp³-hybridized carbons (Fsp3) is 1.00. The Kier molecular flexibility index (Phi) is 9.68. The SMILES string of the molecule is CCCCC(O)CCCC(CCCC)S(=O)(=O)O. The minimum absolute atomic E-state index is 0.335. The fourth-order valence-corrected chi connectivity index (χ4v) is 2.97. The average molecular weight is 280 g/mol. The fourth-order valence-electron chi connectivity index (χ4n) is 2.04. The van der Waals surface area contributed by atoms with Crippen LogP contribution in [0.4, 0.5) is 0 Å². The second-order valence-electron chi connectivity index (χ2n) is 5.01. The second-order valence-corrected chi connectivity index (χ2v) is 6.70. The van der Waals surface area contributed by atoms with Crippen molar-refractivity contribution in [3.05, 3.63) is 0 Å². The molecule has 18 heavy (non-hydrogen) atoms. The van der Waals surface area contributed by atoms with E-state index in [2.05, 4.69) is 6.92 Å². The first-order chi connectivity index (χ1) is 8.41. The lowest BCUT2D eigenvalue weighted by Gasteiger charge is -2.15. The highest BCUT2D eigenvalue weighted by atomic mass is 32.2. The Hall–Kier alpha value is -0.130. The van der Waals surface area contributed by atoms with Gasteiger partial charge in [0.1, 0.15) is 0 Å². The summed E-state index contributed by atoms with van der Waals surface area (Å²) in [7, 11) is -3.93. The molecule has 0 amide bonds. The third-order valence-corrected chi connectivity index (χ3v) is 4.57. The number of aliphatic hydroxyl groups excluding tert-OH is 1. The Bertz CT molecular complexity index is 287. The molecule has 0 radical (unpaired) electrons. The van der Waals surface area contributed by atoms with E-state index in [0.29, 0.717) is 25.7 Å². The third-order valence-electron chi connectivity index (χ3n) is 3.26. The second kappa shape index (κ2) is 9.75. The minimum atomic E-state index is -3.93. The van der Waals surface area contributed by atoms with Gasteiger partial charge in [-0.15, -0.1) is 0 Å². The first-order valence-corrected chi connectivity index (χ1v) is 8.56. The molecule has 0 fully saturated rings. The highest BCUT2D eigenvalue weighted by molar-refractivity contribution is 7.86. The molecular weight excluding hydrogens is 252 g/mol. The summed E-state index contributed by atoms with van der Waals surface area (Å²) in [6, 6.07) is 0. The van der Waals surface area contributed by atoms with Crippen LogP contribution in [0.15, 0.2) is 0 Å². The van der Waals surface area contributed by atoms with E-state index in [1.54, 1.807) is 0 Å². The first-order valence-electron chi connectivity index (χ1n) is 7.06. The summed E-state index contributed by atoms with van der Waals surface area (Å²) in [6.45, 7) is 4.07. The van der Waals surface area contributed by atoms with Gasteiger partial charge in [0.25, 0.3) is 10.1 Å². The zero-order valence-corrected chi connectivity index (χ0v) is 12.5. The average Bonchev–Trinajstić information content (AvgIpc) is 2.29. The Morgan fingerprint density at radius 2 is 1.33 bits per heavy atom. The molecule has 0 saturated carbocycles. The Morgan fingerprint density at radius 3 is 1.83 bits per heavy atom. The predicted octanol–water partition coefficient (Wildman–Crippen LogP) is 3.15. The van der Waals surface area contributed by atoms with E-state index in [9.17, 15) is 13.5 Å². The van der Waals surface area contributed by atoms with E-state index in [1.165, 1.54) is 0 Å². The molecule has 0 rings (SSSR count). The largest absolute Gasteiger partial charge is 0.393 e. The lowest BCUT2D eigenvalue weighted by atomic mass is 10.0. The van der Waals surface area contributed by atoms with E-state index in [1.807, 2.05) is 6.92 Å². The summed E-state index contributed by atoms with van der Waals surface area (Å²) in [6.07, 6.45) is 6.47. The minimum Gasteiger partial charge on any atom is -0.393 e. The van der Waals surface area contributed by atoms with Crippen molar-refractivity contribution in [1.82, 2.24) is 0 Å². The molecule has 0 aliphatic carbocycles. The van der Waals surface area contributed by atoms with Gasteiger partial charge >= 0.3 is 0 Å². The highest BCUT2D eigenvalue weighted by Gasteiger charge is 2.22. The molecule has 0 saturated heterocycles. The summed E-state index contributed by atoms with van der Waals surface area (Å²) in [5, 5.41) is 9.00. The van der Waals surface area contributed by atoms with Gasteiger partial charge in [-0.05, 0) is 32.1 Å². The Morgan fingerprint density at radius 1 is 0.889 bits per heavy atom. The van der Waals surface area contributed by atoms with Crippen molar-refractivity contribution in [1.29, 1.82) is 0 Å². The number of hydrogen-bond acceptors (Lipinski definition) is 3. The van der Waals surface area contributed by atoms with Crippen LogP contribution in [0, 0.1) is 0 Å². The van der Waals surface area contributed by atoms with Crippen molar-refractivity contribution in [3.63, 3.8) is 0 Å². The van der Waals surface area contributed by atoms with Gasteiger partial charge in [0.15, 0.2) is 0 Å². The van der Waals surface area contributed by atoms with E-state index in [4.69, 9.17) is 4.55 Å². The van der Waals surface area contributed by atoms with Crippen LogP contribution >= 0.6 is 0 Å². The van der Waals surface area contributed by atoms with Crippen LogP contribution in [0.1, 0.15) is 71.6 Å². The predicted molar refractivity (Wildman–Crippen MR) is 74.2 cm³/mol. The smallest absolute Gasteiger partial charge is 0.267 e. The van der Waals surface area contributed by atoms with Crippen molar-refractivity contribution < 1.29 is 18.1 Å². The molecule has 0 aliphatic rings. The molecule has 2 unspecified atom stereocenters. The van der Waals surface area contributed by atoms with Gasteiger partial charge in [-0.3, -0.25) is 4.55 Å². The zero-order valence-electron chi connectivity index (χ0n) is 11.6. The number of unbranched alkanes of at least 4 members (excludes halogenated alkanes) is 2. The van der Waals surface area contributed by atoms with Crippen LogP contribution in [0.25, 0.3) is 0 Å². The quantitative estimate of drug-likeness (QED) is 0.570. The summed E-state index contributed by atoms with van der Waals surface area (Å²) in [4.78, 5) is 0. The first kappa shape index (κ1) is 17.9. The summed E-state index contributed by atoms with van der Waals surface area (Å²) < 4.78 is 31.5. The highest BCUT2D eigenvalue weighted by Crippen LogP contribution is 2.17. The number of aliphatic hydroxyl groups is 1. The van der Waals surface area contributed by atoms with Crippen LogP contribution in [0.3, 0.4) is 0 Å². The molecule has 0 aromatic rings. The Labute approximate surface area is 112 Å². The lowest BCUT2D eigenvalue weighted by Crippen LogP contribution is -2.21. The maximum absolute atomic E-state index is 11.2. The van der Waals surface area contributed by atoms with Gasteiger partial charge in [0.05, 0.1) is 11.4 Å². The molecule has 0 heterocycles. The van der Waals surface area contributed by atoms with Gasteiger partial charge < -0.3 is 5.11 Å². The standard InChI is InChI=1S/C13H28O4S/c1-3-5-8-12(14)9-7-11-13(10-6-4-2)18(15,16)17/h12-14H,3-11H2,1-2H3,(H,15,16,17). The molecule has 2 N–H and O–H groups in total. The third kappa shape index (κ3) is 8.89. The lowest BCUT2D eigenvalue weighted by molar-refractivity contribution is 0.148. The molecule has 5 heteroatoms. The van der Waals surface area contributed by atoms with Crippen LogP contribution in [0.2, 0.25) is 0 Å². The van der Waals surface area contributed by atoms with Gasteiger partial charge in [-0.25, -0.2) is 0 Å². The van der Waals surface area contributed by atoms with Crippen molar-refractivity contribution in [3.8, 4) is 0 Å². The van der Waals surface area contributed by atoms with E-state index in [-0.39, 0.29) is 6.10 Å². The maximum atomic E-state index is 11.2. The molecule has 0 spiro atoms. The molecule has 0 aliphatic heterocycles. The van der Waals surface area contributed by atoms with Crippen molar-refractivity contribution >= 4 is 10.1 Å². The van der Waals surface area contributed by atoms with Gasteiger partial charge in [0, 0.05) is 0 Å². The number of hydrogen-bond donors (Lipinski definition) is 2. The van der Waals surface area contributed by atoms with Crippen molar-refractivity contribution in [2.45, 2.75) is 83.0 Å². The monoisotopic (exact) mass is 280 g/mol. The van der Waals surface area contributed by atoms with Crippen molar-refractivity contribution in [2.75, 3.05) is 0 Å². The van der Waals surface area contributed by atoms with E-state index >= 15 is 0 Å². The normalized spacial score (nSPS) is 15.6. The topological polar surface area (TPSA) is 74.6 Å². The van der Waals surface area contributed by atoms with Gasteiger partial charge in [-0.1, -0.05) is 39.5 Å². The molecule has 110 valence electrons. The molecule has 0 aromatic carbocycles. The summed E-state index contributed by atoms with van der Waals surface area (Å²) >= 11 is 0. The van der Waals surface area contributed by atoms with Crippen LogP contribution in [-0.4, -0.2) is 29.4 Å². The molecule has 4 nitrogen and oxygen atoms in total. The number of rotatable bonds is 11. The summed E-state index contributed by atoms with van der Waals surface area (Å²) in [5.41, 5.74) is 0. The van der Waals surface area contributed by atoms with Gasteiger partial charge in [0.2, 0.25) is 0 Å². The molecule has 0 aromatic heterocycles.